The first-order chi connectivity index (χ1) is 8.57. The van der Waals surface area contributed by atoms with E-state index >= 15 is 0 Å². The van der Waals surface area contributed by atoms with Gasteiger partial charge in [-0.25, -0.2) is 0 Å². The third-order valence-electron chi connectivity index (χ3n) is 1.69. The van der Waals surface area contributed by atoms with Crippen LogP contribution < -0.4 is 0 Å². The molecule has 0 atom stereocenters. The quantitative estimate of drug-likeness (QED) is 0.446. The van der Waals surface area contributed by atoms with Gasteiger partial charge in [-0.05, 0) is 39.3 Å². The van der Waals surface area contributed by atoms with Gasteiger partial charge in [0.25, 0.3) is 0 Å². The Balaban J connectivity index is 4.64. The number of rotatable bonds is 10. The molecule has 0 aromatic heterocycles. The van der Waals surface area contributed by atoms with Crippen LogP contribution in [-0.2, 0) is 12.3 Å². The molecule has 0 saturated carbocycles. The van der Waals surface area contributed by atoms with Gasteiger partial charge in [0.15, 0.2) is 16.6 Å². The molecular formula is C12H28O3Si4. The zero-order valence-electron chi connectivity index (χ0n) is 13.2. The second-order valence-corrected chi connectivity index (χ2v) is 19.5. The first-order valence-corrected chi connectivity index (χ1v) is 16.4. The predicted octanol–water partition coefficient (Wildman–Crippen LogP) is 4.05. The molecule has 0 amide bonds. The Morgan fingerprint density at radius 3 is 1.32 bits per heavy atom. The Hall–Kier alpha value is 0.228. The summed E-state index contributed by atoms with van der Waals surface area (Å²) in [6.07, 6.45) is 3.77. The Morgan fingerprint density at radius 2 is 1.11 bits per heavy atom. The van der Waals surface area contributed by atoms with Crippen molar-refractivity contribution in [3.63, 3.8) is 0 Å². The van der Waals surface area contributed by atoms with Crippen LogP contribution in [0.1, 0.15) is 0 Å². The van der Waals surface area contributed by atoms with E-state index in [1.165, 1.54) is 0 Å². The summed E-state index contributed by atoms with van der Waals surface area (Å²) >= 11 is 0. The van der Waals surface area contributed by atoms with E-state index in [4.69, 9.17) is 12.3 Å². The van der Waals surface area contributed by atoms with E-state index in [9.17, 15) is 0 Å². The normalized spacial score (nSPS) is 13.1. The van der Waals surface area contributed by atoms with Gasteiger partial charge < -0.3 is 12.3 Å². The molecule has 0 bridgehead atoms. The zero-order chi connectivity index (χ0) is 15.1. The third kappa shape index (κ3) is 11.7. The van der Waals surface area contributed by atoms with Crippen molar-refractivity contribution in [3.05, 3.63) is 25.3 Å². The van der Waals surface area contributed by atoms with Crippen molar-refractivity contribution in [2.24, 2.45) is 0 Å². The molecule has 0 rings (SSSR count). The minimum Gasteiger partial charge on any atom is -0.435 e. The van der Waals surface area contributed by atoms with E-state index in [2.05, 4.69) is 52.4 Å². The van der Waals surface area contributed by atoms with E-state index in [1.54, 1.807) is 0 Å². The summed E-state index contributed by atoms with van der Waals surface area (Å²) in [6, 6.07) is 1.60. The zero-order valence-corrected chi connectivity index (χ0v) is 17.2. The van der Waals surface area contributed by atoms with Crippen LogP contribution in [-0.4, -0.2) is 35.2 Å². The number of hydrogen-bond acceptors (Lipinski definition) is 3. The SMILES string of the molecule is C=CC[Si](O[Si](CC=C)O[Si](C)(C)C)O[Si](C)(C)C. The predicted molar refractivity (Wildman–Crippen MR) is 91.5 cm³/mol. The summed E-state index contributed by atoms with van der Waals surface area (Å²) in [7, 11) is -5.79. The van der Waals surface area contributed by atoms with Gasteiger partial charge in [-0.1, -0.05) is 12.2 Å². The van der Waals surface area contributed by atoms with Crippen LogP contribution in [0.15, 0.2) is 25.3 Å². The summed E-state index contributed by atoms with van der Waals surface area (Å²) in [6.45, 7) is 20.7. The highest BCUT2D eigenvalue weighted by Crippen LogP contribution is 2.15. The van der Waals surface area contributed by atoms with Crippen LogP contribution in [0.5, 0.6) is 0 Å². The summed E-state index contributed by atoms with van der Waals surface area (Å²) in [5.41, 5.74) is 0. The molecule has 0 aliphatic heterocycles. The molecule has 0 fully saturated rings. The fraction of sp³-hybridized carbons (Fsp3) is 0.667. The molecule has 0 aromatic rings. The average molecular weight is 333 g/mol. The Kier molecular flexibility index (Phi) is 8.60. The molecular weight excluding hydrogens is 304 g/mol. The molecule has 0 aromatic carbocycles. The third-order valence-corrected chi connectivity index (χ3v) is 11.5. The van der Waals surface area contributed by atoms with Crippen LogP contribution in [0, 0.1) is 0 Å². The largest absolute Gasteiger partial charge is 0.435 e. The maximum Gasteiger partial charge on any atom is 0.368 e. The lowest BCUT2D eigenvalue weighted by atomic mass is 10.8. The Labute approximate surface area is 124 Å². The van der Waals surface area contributed by atoms with Crippen molar-refractivity contribution in [1.82, 2.24) is 0 Å². The molecule has 110 valence electrons. The second kappa shape index (κ2) is 8.50. The molecule has 7 heteroatoms. The second-order valence-electron chi connectivity index (χ2n) is 6.26. The summed E-state index contributed by atoms with van der Waals surface area (Å²) in [5.74, 6) is 0. The fourth-order valence-electron chi connectivity index (χ4n) is 1.25. The maximum absolute atomic E-state index is 6.17. The minimum atomic E-state index is -1.59. The minimum absolute atomic E-state index is 0.801. The van der Waals surface area contributed by atoms with Crippen molar-refractivity contribution >= 4 is 35.2 Å². The fourth-order valence-corrected chi connectivity index (χ4v) is 10.6. The maximum atomic E-state index is 6.17. The van der Waals surface area contributed by atoms with Crippen LogP contribution >= 0.6 is 0 Å². The van der Waals surface area contributed by atoms with Gasteiger partial charge in [0.05, 0.1) is 0 Å². The number of hydrogen-bond donors (Lipinski definition) is 0. The van der Waals surface area contributed by atoms with Crippen LogP contribution in [0.2, 0.25) is 51.4 Å². The van der Waals surface area contributed by atoms with Gasteiger partial charge in [-0.3, -0.25) is 0 Å². The van der Waals surface area contributed by atoms with Crippen molar-refractivity contribution in [2.45, 2.75) is 51.4 Å². The molecule has 0 aliphatic rings. The first kappa shape index (κ1) is 19.2. The topological polar surface area (TPSA) is 27.7 Å². The highest BCUT2D eigenvalue weighted by molar-refractivity contribution is 6.80. The lowest BCUT2D eigenvalue weighted by Gasteiger charge is -2.29. The monoisotopic (exact) mass is 332 g/mol. The van der Waals surface area contributed by atoms with Gasteiger partial charge in [0, 0.05) is 12.1 Å². The van der Waals surface area contributed by atoms with Crippen LogP contribution in [0.3, 0.4) is 0 Å². The van der Waals surface area contributed by atoms with Crippen molar-refractivity contribution in [1.29, 1.82) is 0 Å². The van der Waals surface area contributed by atoms with Gasteiger partial charge in [0.1, 0.15) is 0 Å². The molecule has 3 nitrogen and oxygen atoms in total. The molecule has 2 radical (unpaired) electrons. The highest BCUT2D eigenvalue weighted by Gasteiger charge is 2.31. The molecule has 0 N–H and O–H groups in total. The molecule has 0 spiro atoms. The van der Waals surface area contributed by atoms with Gasteiger partial charge >= 0.3 is 18.6 Å². The molecule has 0 heterocycles. The lowest BCUT2D eigenvalue weighted by molar-refractivity contribution is 0.368. The summed E-state index contributed by atoms with van der Waals surface area (Å²) in [4.78, 5) is 0. The van der Waals surface area contributed by atoms with Crippen molar-refractivity contribution in [3.8, 4) is 0 Å². The van der Waals surface area contributed by atoms with E-state index in [-0.39, 0.29) is 0 Å². The first-order valence-electron chi connectivity index (χ1n) is 6.56. The van der Waals surface area contributed by atoms with Crippen molar-refractivity contribution in [2.75, 3.05) is 0 Å². The molecule has 0 aliphatic carbocycles. The Bertz CT molecular complexity index is 256. The van der Waals surface area contributed by atoms with Gasteiger partial charge in [-0.2, -0.15) is 0 Å². The standard InChI is InChI=1S/C12H28O3Si4/c1-9-11-16(14-18(3,4)5)13-17(12-10-2)15-19(6,7)8/h9-10H,1-2,11-12H2,3-8H3. The van der Waals surface area contributed by atoms with Crippen LogP contribution in [0.4, 0.5) is 0 Å². The molecule has 0 saturated heterocycles. The number of allylic oxidation sites excluding steroid dienone is 2. The molecule has 0 unspecified atom stereocenters. The summed E-state index contributed by atoms with van der Waals surface area (Å²) in [5, 5.41) is 0. The lowest BCUT2D eigenvalue weighted by Crippen LogP contribution is -2.44. The molecule has 19 heavy (non-hydrogen) atoms. The van der Waals surface area contributed by atoms with Crippen molar-refractivity contribution < 1.29 is 12.3 Å². The van der Waals surface area contributed by atoms with Gasteiger partial charge in [0.2, 0.25) is 0 Å². The van der Waals surface area contributed by atoms with E-state index in [0.29, 0.717) is 0 Å². The summed E-state index contributed by atoms with van der Waals surface area (Å²) < 4.78 is 18.5. The van der Waals surface area contributed by atoms with E-state index in [0.717, 1.165) is 12.1 Å². The Morgan fingerprint density at radius 1 is 0.789 bits per heavy atom. The smallest absolute Gasteiger partial charge is 0.368 e. The average Bonchev–Trinajstić information content (AvgIpc) is 2.12. The van der Waals surface area contributed by atoms with Gasteiger partial charge in [-0.15, -0.1) is 13.2 Å². The van der Waals surface area contributed by atoms with E-state index < -0.39 is 35.2 Å². The van der Waals surface area contributed by atoms with E-state index in [1.807, 2.05) is 12.2 Å². The van der Waals surface area contributed by atoms with Crippen LogP contribution in [0.25, 0.3) is 0 Å². The highest BCUT2D eigenvalue weighted by atomic mass is 28.5.